The predicted octanol–water partition coefficient (Wildman–Crippen LogP) is 4.88. The number of H-pyrrole nitrogens is 1. The van der Waals surface area contributed by atoms with Gasteiger partial charge in [-0.1, -0.05) is 48.5 Å². The van der Waals surface area contributed by atoms with Crippen LogP contribution in [0.2, 0.25) is 0 Å². The Balaban J connectivity index is 1.45. The van der Waals surface area contributed by atoms with Gasteiger partial charge in [-0.2, -0.15) is 0 Å². The molecule has 2 N–H and O–H groups in total. The number of amides is 1. The van der Waals surface area contributed by atoms with E-state index < -0.39 is 0 Å². The van der Waals surface area contributed by atoms with Crippen LogP contribution in [0.5, 0.6) is 0 Å². The number of benzene rings is 3. The summed E-state index contributed by atoms with van der Waals surface area (Å²) in [4.78, 5) is 21.5. The summed E-state index contributed by atoms with van der Waals surface area (Å²) in [5.41, 5.74) is 4.61. The monoisotopic (exact) mass is 438 g/mol. The third-order valence-electron chi connectivity index (χ3n) is 5.90. The number of carbonyl (C=O) groups is 1. The van der Waals surface area contributed by atoms with Gasteiger partial charge in [0.1, 0.15) is 5.82 Å². The summed E-state index contributed by atoms with van der Waals surface area (Å²) in [6.07, 6.45) is 2.66. The third kappa shape index (κ3) is 4.52. The molecular weight excluding hydrogens is 412 g/mol. The SMILES string of the molecule is COCCn1ccc2ccc(C(=O)N[C@H](Cc3ccccc3)c3nc4ccccc4[nH]3)cc21. The highest BCUT2D eigenvalue weighted by Crippen LogP contribution is 2.22. The lowest BCUT2D eigenvalue weighted by atomic mass is 10.0. The summed E-state index contributed by atoms with van der Waals surface area (Å²) in [5.74, 6) is 0.621. The van der Waals surface area contributed by atoms with Crippen LogP contribution in [0.1, 0.15) is 27.8 Å². The topological polar surface area (TPSA) is 71.9 Å². The van der Waals surface area contributed by atoms with Gasteiger partial charge in [-0.15, -0.1) is 0 Å². The highest BCUT2D eigenvalue weighted by molar-refractivity contribution is 5.98. The van der Waals surface area contributed by atoms with Crippen LogP contribution in [0.4, 0.5) is 0 Å². The Hall–Kier alpha value is -3.90. The van der Waals surface area contributed by atoms with E-state index in [9.17, 15) is 4.79 Å². The lowest BCUT2D eigenvalue weighted by Gasteiger charge is -2.17. The van der Waals surface area contributed by atoms with Crippen molar-refractivity contribution >= 4 is 27.8 Å². The predicted molar refractivity (Wildman–Crippen MR) is 130 cm³/mol. The third-order valence-corrected chi connectivity index (χ3v) is 5.90. The minimum absolute atomic E-state index is 0.127. The maximum Gasteiger partial charge on any atom is 0.251 e. The van der Waals surface area contributed by atoms with Crippen LogP contribution in [-0.4, -0.2) is 34.2 Å². The highest BCUT2D eigenvalue weighted by atomic mass is 16.5. The van der Waals surface area contributed by atoms with Crippen LogP contribution in [0, 0.1) is 0 Å². The Kier molecular flexibility index (Phi) is 5.91. The number of fused-ring (bicyclic) bond motifs is 2. The zero-order valence-electron chi connectivity index (χ0n) is 18.5. The second-order valence-corrected chi connectivity index (χ2v) is 8.13. The van der Waals surface area contributed by atoms with Gasteiger partial charge in [-0.05, 0) is 47.7 Å². The number of methoxy groups -OCH3 is 1. The Morgan fingerprint density at radius 2 is 1.88 bits per heavy atom. The van der Waals surface area contributed by atoms with E-state index in [1.54, 1.807) is 7.11 Å². The molecule has 1 amide bonds. The quantitative estimate of drug-likeness (QED) is 0.363. The minimum atomic E-state index is -0.289. The van der Waals surface area contributed by atoms with Gasteiger partial charge in [0.05, 0.1) is 23.7 Å². The molecule has 6 heteroatoms. The second-order valence-electron chi connectivity index (χ2n) is 8.13. The first-order valence-corrected chi connectivity index (χ1v) is 11.1. The Morgan fingerprint density at radius 3 is 2.70 bits per heavy atom. The lowest BCUT2D eigenvalue weighted by molar-refractivity contribution is 0.0935. The van der Waals surface area contributed by atoms with Crippen LogP contribution in [-0.2, 0) is 17.7 Å². The van der Waals surface area contributed by atoms with Gasteiger partial charge in [0.2, 0.25) is 0 Å². The fourth-order valence-electron chi connectivity index (χ4n) is 4.15. The second kappa shape index (κ2) is 9.30. The zero-order chi connectivity index (χ0) is 22.6. The van der Waals surface area contributed by atoms with E-state index in [0.29, 0.717) is 18.6 Å². The van der Waals surface area contributed by atoms with Crippen molar-refractivity contribution in [2.45, 2.75) is 19.0 Å². The summed E-state index contributed by atoms with van der Waals surface area (Å²) in [6.45, 7) is 1.35. The van der Waals surface area contributed by atoms with Gasteiger partial charge in [0.15, 0.2) is 0 Å². The normalized spacial score (nSPS) is 12.3. The van der Waals surface area contributed by atoms with E-state index in [1.807, 2.05) is 66.9 Å². The van der Waals surface area contributed by atoms with Gasteiger partial charge in [-0.25, -0.2) is 4.98 Å². The molecule has 0 saturated heterocycles. The first-order valence-electron chi connectivity index (χ1n) is 11.1. The van der Waals surface area contributed by atoms with E-state index in [4.69, 9.17) is 9.72 Å². The Bertz CT molecular complexity index is 1350. The molecule has 0 spiro atoms. The van der Waals surface area contributed by atoms with Crippen LogP contribution in [0.25, 0.3) is 21.9 Å². The molecule has 0 saturated carbocycles. The molecule has 0 unspecified atom stereocenters. The van der Waals surface area contributed by atoms with Crippen molar-refractivity contribution in [2.75, 3.05) is 13.7 Å². The molecule has 0 bridgehead atoms. The smallest absolute Gasteiger partial charge is 0.251 e. The van der Waals surface area contributed by atoms with Gasteiger partial charge in [0.25, 0.3) is 5.91 Å². The summed E-state index contributed by atoms with van der Waals surface area (Å²) >= 11 is 0. The zero-order valence-corrected chi connectivity index (χ0v) is 18.5. The Morgan fingerprint density at radius 1 is 1.06 bits per heavy atom. The van der Waals surface area contributed by atoms with E-state index in [-0.39, 0.29) is 11.9 Å². The number of carbonyl (C=O) groups excluding carboxylic acids is 1. The van der Waals surface area contributed by atoms with E-state index in [0.717, 1.165) is 39.9 Å². The first kappa shape index (κ1) is 21.0. The van der Waals surface area contributed by atoms with Crippen LogP contribution >= 0.6 is 0 Å². The molecule has 1 atom stereocenters. The lowest BCUT2D eigenvalue weighted by Crippen LogP contribution is -2.30. The number of ether oxygens (including phenoxy) is 1. The highest BCUT2D eigenvalue weighted by Gasteiger charge is 2.20. The molecule has 5 rings (SSSR count). The van der Waals surface area contributed by atoms with Crippen molar-refractivity contribution in [1.29, 1.82) is 0 Å². The summed E-state index contributed by atoms with van der Waals surface area (Å²) in [6, 6.07) is 25.6. The van der Waals surface area contributed by atoms with Gasteiger partial charge >= 0.3 is 0 Å². The standard InChI is InChI=1S/C27H26N4O2/c1-33-16-15-31-14-13-20-11-12-21(18-25(20)31)27(32)30-24(17-19-7-3-2-4-8-19)26-28-22-9-5-6-10-23(22)29-26/h2-14,18,24H,15-17H2,1H3,(H,28,29)(H,30,32)/t24-/m1/s1. The van der Waals surface area contributed by atoms with Gasteiger partial charge in [-0.3, -0.25) is 4.79 Å². The molecule has 6 nitrogen and oxygen atoms in total. The molecule has 0 fully saturated rings. The number of para-hydroxylation sites is 2. The van der Waals surface area contributed by atoms with Crippen molar-refractivity contribution in [3.8, 4) is 0 Å². The van der Waals surface area contributed by atoms with Crippen LogP contribution < -0.4 is 5.32 Å². The van der Waals surface area contributed by atoms with E-state index >= 15 is 0 Å². The molecule has 0 aliphatic heterocycles. The molecule has 5 aromatic rings. The largest absolute Gasteiger partial charge is 0.383 e. The molecule has 0 aliphatic carbocycles. The number of aromatic amines is 1. The molecule has 166 valence electrons. The minimum Gasteiger partial charge on any atom is -0.383 e. The summed E-state index contributed by atoms with van der Waals surface area (Å²) in [5, 5.41) is 4.31. The van der Waals surface area contributed by atoms with Crippen molar-refractivity contribution < 1.29 is 9.53 Å². The molecule has 2 aromatic heterocycles. The van der Waals surface area contributed by atoms with Crippen molar-refractivity contribution in [3.63, 3.8) is 0 Å². The van der Waals surface area contributed by atoms with Crippen molar-refractivity contribution in [2.24, 2.45) is 0 Å². The number of nitrogens with one attached hydrogen (secondary N) is 2. The fourth-order valence-corrected chi connectivity index (χ4v) is 4.15. The summed E-state index contributed by atoms with van der Waals surface area (Å²) in [7, 11) is 1.69. The molecule has 33 heavy (non-hydrogen) atoms. The molecule has 0 aliphatic rings. The maximum absolute atomic E-state index is 13.3. The molecular formula is C27H26N4O2. The van der Waals surface area contributed by atoms with Gasteiger partial charge < -0.3 is 19.6 Å². The number of nitrogens with zero attached hydrogens (tertiary/aromatic N) is 2. The number of aromatic nitrogens is 3. The number of rotatable bonds is 8. The van der Waals surface area contributed by atoms with Gasteiger partial charge in [0, 0.05) is 30.9 Å². The summed E-state index contributed by atoms with van der Waals surface area (Å²) < 4.78 is 7.32. The average molecular weight is 439 g/mol. The average Bonchev–Trinajstić information content (AvgIpc) is 3.46. The Labute approximate surface area is 192 Å². The maximum atomic E-state index is 13.3. The van der Waals surface area contributed by atoms with E-state index in [1.165, 1.54) is 0 Å². The van der Waals surface area contributed by atoms with Crippen molar-refractivity contribution in [3.05, 3.63) is 102 Å². The number of hydrogen-bond donors (Lipinski definition) is 2. The molecule has 0 radical (unpaired) electrons. The van der Waals surface area contributed by atoms with Crippen LogP contribution in [0.15, 0.2) is 85.1 Å². The fraction of sp³-hybridized carbons (Fsp3) is 0.185. The first-order chi connectivity index (χ1) is 16.2. The molecule has 3 aromatic carbocycles. The van der Waals surface area contributed by atoms with Crippen LogP contribution in [0.3, 0.4) is 0 Å². The number of hydrogen-bond acceptors (Lipinski definition) is 3. The van der Waals surface area contributed by atoms with Crippen molar-refractivity contribution in [1.82, 2.24) is 19.9 Å². The number of imidazole rings is 1. The van der Waals surface area contributed by atoms with E-state index in [2.05, 4.69) is 33.1 Å². The molecule has 2 heterocycles.